The summed E-state index contributed by atoms with van der Waals surface area (Å²) in [4.78, 5) is 0. The van der Waals surface area contributed by atoms with Gasteiger partial charge in [-0.2, -0.15) is 35.1 Å². The van der Waals surface area contributed by atoms with Crippen LogP contribution < -0.4 is 0 Å². The van der Waals surface area contributed by atoms with Crippen LogP contribution in [0.5, 0.6) is 0 Å². The third-order valence-electron chi connectivity index (χ3n) is 3.37. The van der Waals surface area contributed by atoms with Crippen molar-refractivity contribution in [2.45, 2.75) is 23.9 Å². The maximum Gasteiger partial charge on any atom is 0.457 e. The van der Waals surface area contributed by atoms with Crippen molar-refractivity contribution in [3.63, 3.8) is 0 Å². The van der Waals surface area contributed by atoms with E-state index in [9.17, 15) is 40.2 Å². The van der Waals surface area contributed by atoms with Crippen LogP contribution in [0.25, 0.3) is 0 Å². The summed E-state index contributed by atoms with van der Waals surface area (Å²) in [6.07, 6.45) is -10.6. The molecular weight excluding hydrogens is 352 g/mol. The Hall–Kier alpha value is -2.10. The van der Waals surface area contributed by atoms with Crippen molar-refractivity contribution in [1.82, 2.24) is 0 Å². The lowest BCUT2D eigenvalue weighted by Gasteiger charge is -2.37. The summed E-state index contributed by atoms with van der Waals surface area (Å²) in [6, 6.07) is 2.80. The monoisotopic (exact) mass is 360 g/mol. The highest BCUT2D eigenvalue weighted by Crippen LogP contribution is 2.53. The van der Waals surface area contributed by atoms with Gasteiger partial charge in [0.05, 0.1) is 18.1 Å². The highest BCUT2D eigenvalue weighted by molar-refractivity contribution is 5.44. The minimum Gasteiger partial charge on any atom is -0.472 e. The summed E-state index contributed by atoms with van der Waals surface area (Å²) in [6.45, 7) is 0. The minimum absolute atomic E-state index is 0.298. The molecule has 0 spiro atoms. The van der Waals surface area contributed by atoms with Crippen LogP contribution in [0.15, 0.2) is 47.3 Å². The Morgan fingerprint density at radius 2 is 1.33 bits per heavy atom. The molecular formula is C14H8F8O2. The first kappa shape index (κ1) is 18.2. The summed E-state index contributed by atoms with van der Waals surface area (Å²) < 4.78 is 110. The van der Waals surface area contributed by atoms with Gasteiger partial charge < -0.3 is 9.52 Å². The van der Waals surface area contributed by atoms with Gasteiger partial charge in [0.2, 0.25) is 0 Å². The first-order valence-corrected chi connectivity index (χ1v) is 6.19. The summed E-state index contributed by atoms with van der Waals surface area (Å²) in [7, 11) is 0. The van der Waals surface area contributed by atoms with Crippen LogP contribution in [0.4, 0.5) is 35.1 Å². The predicted molar refractivity (Wildman–Crippen MR) is 64.2 cm³/mol. The van der Waals surface area contributed by atoms with Gasteiger partial charge in [0.1, 0.15) is 0 Å². The lowest BCUT2D eigenvalue weighted by molar-refractivity contribution is -0.337. The standard InChI is InChI=1S/C14H8F8O2/c15-12(16,17)10-4-2-1-3-9(10)11(23,8-5-6-24-7-8)13(18,19)14(20,21)22/h1-7,23H. The highest BCUT2D eigenvalue weighted by Gasteiger charge is 2.72. The van der Waals surface area contributed by atoms with Gasteiger partial charge in [0.25, 0.3) is 0 Å². The van der Waals surface area contributed by atoms with Gasteiger partial charge in [-0.3, -0.25) is 0 Å². The first-order chi connectivity index (χ1) is 10.8. The van der Waals surface area contributed by atoms with Crippen LogP contribution in [-0.2, 0) is 11.8 Å². The summed E-state index contributed by atoms with van der Waals surface area (Å²) in [5, 5.41) is 10.2. The van der Waals surface area contributed by atoms with E-state index in [0.29, 0.717) is 30.7 Å². The molecule has 0 saturated carbocycles. The molecule has 0 aliphatic carbocycles. The summed E-state index contributed by atoms with van der Waals surface area (Å²) in [5.74, 6) is -5.93. The molecule has 1 heterocycles. The third-order valence-corrected chi connectivity index (χ3v) is 3.37. The first-order valence-electron chi connectivity index (χ1n) is 6.19. The Morgan fingerprint density at radius 3 is 1.75 bits per heavy atom. The molecule has 2 rings (SSSR count). The summed E-state index contributed by atoms with van der Waals surface area (Å²) >= 11 is 0. The molecule has 2 aromatic rings. The van der Waals surface area contributed by atoms with E-state index < -0.39 is 40.6 Å². The molecule has 0 saturated heterocycles. The molecule has 0 aliphatic rings. The van der Waals surface area contributed by atoms with E-state index in [4.69, 9.17) is 0 Å². The average Bonchev–Trinajstić information content (AvgIpc) is 2.98. The maximum atomic E-state index is 14.0. The second-order valence-corrected chi connectivity index (χ2v) is 4.84. The molecule has 1 aromatic heterocycles. The number of aliphatic hydroxyl groups is 1. The fraction of sp³-hybridized carbons (Fsp3) is 0.286. The molecule has 0 radical (unpaired) electrons. The van der Waals surface area contributed by atoms with Gasteiger partial charge in [0, 0.05) is 11.1 Å². The molecule has 24 heavy (non-hydrogen) atoms. The Kier molecular flexibility index (Phi) is 4.16. The minimum atomic E-state index is -6.32. The van der Waals surface area contributed by atoms with E-state index in [-0.39, 0.29) is 0 Å². The molecule has 2 nitrogen and oxygen atoms in total. The van der Waals surface area contributed by atoms with Crippen molar-refractivity contribution in [2.24, 2.45) is 0 Å². The van der Waals surface area contributed by atoms with Gasteiger partial charge in [-0.1, -0.05) is 18.2 Å². The van der Waals surface area contributed by atoms with Crippen molar-refractivity contribution in [3.05, 3.63) is 59.5 Å². The molecule has 1 N–H and O–H groups in total. The SMILES string of the molecule is OC(c1ccoc1)(c1ccccc1C(F)(F)F)C(F)(F)C(F)(F)F. The topological polar surface area (TPSA) is 33.4 Å². The number of alkyl halides is 8. The Bertz CT molecular complexity index is 702. The zero-order valence-corrected chi connectivity index (χ0v) is 11.4. The molecule has 10 heteroatoms. The predicted octanol–water partition coefficient (Wildman–Crippen LogP) is 4.73. The van der Waals surface area contributed by atoms with E-state index in [1.165, 1.54) is 0 Å². The fourth-order valence-corrected chi connectivity index (χ4v) is 2.23. The van der Waals surface area contributed by atoms with E-state index in [1.807, 2.05) is 0 Å². The second-order valence-electron chi connectivity index (χ2n) is 4.84. The molecule has 1 aromatic carbocycles. The molecule has 132 valence electrons. The van der Waals surface area contributed by atoms with E-state index in [2.05, 4.69) is 4.42 Å². The number of benzene rings is 1. The quantitative estimate of drug-likeness (QED) is 0.803. The number of hydrogen-bond acceptors (Lipinski definition) is 2. The van der Waals surface area contributed by atoms with Crippen molar-refractivity contribution in [3.8, 4) is 0 Å². The van der Waals surface area contributed by atoms with Crippen LogP contribution in [0.3, 0.4) is 0 Å². The molecule has 0 bridgehead atoms. The highest BCUT2D eigenvalue weighted by atomic mass is 19.4. The normalized spacial score (nSPS) is 16.0. The lowest BCUT2D eigenvalue weighted by Crippen LogP contribution is -2.56. The number of halogens is 8. The molecule has 1 unspecified atom stereocenters. The maximum absolute atomic E-state index is 14.0. The van der Waals surface area contributed by atoms with Crippen LogP contribution in [0.2, 0.25) is 0 Å². The molecule has 0 fully saturated rings. The zero-order chi connectivity index (χ0) is 18.4. The van der Waals surface area contributed by atoms with Crippen LogP contribution >= 0.6 is 0 Å². The smallest absolute Gasteiger partial charge is 0.457 e. The van der Waals surface area contributed by atoms with Gasteiger partial charge in [-0.25, -0.2) is 0 Å². The number of rotatable bonds is 3. The largest absolute Gasteiger partial charge is 0.472 e. The number of hydrogen-bond donors (Lipinski definition) is 1. The summed E-state index contributed by atoms with van der Waals surface area (Å²) in [5.41, 5.74) is -8.95. The fourth-order valence-electron chi connectivity index (χ4n) is 2.23. The Balaban J connectivity index is 2.86. The Labute approximate surface area is 129 Å². The third kappa shape index (κ3) is 2.64. The van der Waals surface area contributed by atoms with E-state index in [0.717, 1.165) is 12.1 Å². The van der Waals surface area contributed by atoms with E-state index >= 15 is 0 Å². The van der Waals surface area contributed by atoms with Gasteiger partial charge in [-0.15, -0.1) is 0 Å². The van der Waals surface area contributed by atoms with Crippen LogP contribution in [0, 0.1) is 0 Å². The van der Waals surface area contributed by atoms with Gasteiger partial charge in [0.15, 0.2) is 5.60 Å². The van der Waals surface area contributed by atoms with Crippen molar-refractivity contribution in [2.75, 3.05) is 0 Å². The zero-order valence-electron chi connectivity index (χ0n) is 11.4. The van der Waals surface area contributed by atoms with Gasteiger partial charge >= 0.3 is 18.3 Å². The van der Waals surface area contributed by atoms with Crippen LogP contribution in [0.1, 0.15) is 16.7 Å². The van der Waals surface area contributed by atoms with Gasteiger partial charge in [-0.05, 0) is 12.1 Å². The van der Waals surface area contributed by atoms with E-state index in [1.54, 1.807) is 0 Å². The molecule has 0 amide bonds. The molecule has 0 aliphatic heterocycles. The van der Waals surface area contributed by atoms with Crippen LogP contribution in [-0.4, -0.2) is 17.2 Å². The molecule has 1 atom stereocenters. The number of furan rings is 1. The van der Waals surface area contributed by atoms with Crippen molar-refractivity contribution < 1.29 is 44.6 Å². The second kappa shape index (κ2) is 5.47. The average molecular weight is 360 g/mol. The lowest BCUT2D eigenvalue weighted by atomic mass is 9.79. The van der Waals surface area contributed by atoms with Crippen molar-refractivity contribution in [1.29, 1.82) is 0 Å². The Morgan fingerprint density at radius 1 is 0.792 bits per heavy atom. The van der Waals surface area contributed by atoms with Crippen molar-refractivity contribution >= 4 is 0 Å².